The quantitative estimate of drug-likeness (QED) is 0.797. The molecule has 0 radical (unpaired) electrons. The lowest BCUT2D eigenvalue weighted by molar-refractivity contribution is 0.260. The first-order valence-electron chi connectivity index (χ1n) is 6.10. The van der Waals surface area contributed by atoms with Crippen LogP contribution in [0.25, 0.3) is 0 Å². The topological polar surface area (TPSA) is 63.8 Å². The van der Waals surface area contributed by atoms with E-state index < -0.39 is 0 Å². The van der Waals surface area contributed by atoms with Gasteiger partial charge in [-0.3, -0.25) is 0 Å². The van der Waals surface area contributed by atoms with Crippen LogP contribution in [0.15, 0.2) is 6.33 Å². The molecule has 1 aliphatic carbocycles. The summed E-state index contributed by atoms with van der Waals surface area (Å²) in [6, 6.07) is 0.439. The fourth-order valence-electron chi connectivity index (χ4n) is 2.36. The summed E-state index contributed by atoms with van der Waals surface area (Å²) in [6.45, 7) is 4.62. The summed E-state index contributed by atoms with van der Waals surface area (Å²) in [5, 5.41) is 3.70. The zero-order valence-electron chi connectivity index (χ0n) is 10.3. The number of halogens is 1. The molecule has 3 unspecified atom stereocenters. The molecular formula is C12H19ClN4. The number of aromatic nitrogens is 2. The maximum Gasteiger partial charge on any atom is 0.157 e. The van der Waals surface area contributed by atoms with E-state index >= 15 is 0 Å². The van der Waals surface area contributed by atoms with Crippen LogP contribution in [0.2, 0.25) is 5.15 Å². The first kappa shape index (κ1) is 12.4. The molecule has 1 aromatic rings. The Kier molecular flexibility index (Phi) is 3.72. The molecule has 0 aliphatic heterocycles. The predicted octanol–water partition coefficient (Wildman–Crippen LogP) is 2.95. The minimum Gasteiger partial charge on any atom is -0.393 e. The van der Waals surface area contributed by atoms with Gasteiger partial charge in [-0.05, 0) is 31.1 Å². The third-order valence-corrected chi connectivity index (χ3v) is 4.08. The third kappa shape index (κ3) is 2.80. The molecule has 4 nitrogen and oxygen atoms in total. The van der Waals surface area contributed by atoms with Gasteiger partial charge in [-0.2, -0.15) is 0 Å². The van der Waals surface area contributed by atoms with Crippen LogP contribution in [0.1, 0.15) is 33.1 Å². The summed E-state index contributed by atoms with van der Waals surface area (Å²) in [4.78, 5) is 7.99. The third-order valence-electron chi connectivity index (χ3n) is 3.77. The molecule has 0 spiro atoms. The molecule has 1 fully saturated rings. The van der Waals surface area contributed by atoms with Gasteiger partial charge in [0.05, 0.1) is 0 Å². The highest BCUT2D eigenvalue weighted by Crippen LogP contribution is 2.32. The highest BCUT2D eigenvalue weighted by atomic mass is 35.5. The molecule has 3 N–H and O–H groups in total. The van der Waals surface area contributed by atoms with Crippen LogP contribution >= 0.6 is 11.6 Å². The summed E-state index contributed by atoms with van der Waals surface area (Å²) in [6.07, 6.45) is 5.00. The van der Waals surface area contributed by atoms with Crippen molar-refractivity contribution in [3.8, 4) is 0 Å². The maximum atomic E-state index is 5.87. The second-order valence-corrected chi connectivity index (χ2v) is 5.39. The van der Waals surface area contributed by atoms with E-state index in [1.54, 1.807) is 0 Å². The summed E-state index contributed by atoms with van der Waals surface area (Å²) >= 11 is 5.87. The number of nitrogen functional groups attached to an aromatic ring is 1. The van der Waals surface area contributed by atoms with Gasteiger partial charge in [0.2, 0.25) is 0 Å². The maximum absolute atomic E-state index is 5.87. The largest absolute Gasteiger partial charge is 0.393 e. The van der Waals surface area contributed by atoms with E-state index in [-0.39, 0.29) is 0 Å². The van der Waals surface area contributed by atoms with Gasteiger partial charge >= 0.3 is 0 Å². The van der Waals surface area contributed by atoms with Crippen LogP contribution in [0.5, 0.6) is 0 Å². The van der Waals surface area contributed by atoms with E-state index in [0.717, 1.165) is 24.7 Å². The van der Waals surface area contributed by atoms with Crippen molar-refractivity contribution in [1.29, 1.82) is 0 Å². The fourth-order valence-corrected chi connectivity index (χ4v) is 2.49. The Balaban J connectivity index is 2.04. The van der Waals surface area contributed by atoms with Gasteiger partial charge in [-0.25, -0.2) is 9.97 Å². The Hall–Kier alpha value is -1.03. The number of nitrogens with one attached hydrogen (secondary N) is 1. The normalized spacial score (nSPS) is 29.0. The van der Waals surface area contributed by atoms with Crippen LogP contribution < -0.4 is 11.1 Å². The Labute approximate surface area is 107 Å². The van der Waals surface area contributed by atoms with Crippen molar-refractivity contribution in [2.45, 2.75) is 39.2 Å². The molecule has 5 heteroatoms. The van der Waals surface area contributed by atoms with Gasteiger partial charge in [0.25, 0.3) is 0 Å². The van der Waals surface area contributed by atoms with Crippen molar-refractivity contribution in [2.75, 3.05) is 11.1 Å². The standard InChI is InChI=1S/C12H19ClN4/c1-7-3-4-9(5-8(7)2)17-12-10(14)11(13)15-6-16-12/h6-9H,3-5,14H2,1-2H3,(H,15,16,17). The zero-order valence-corrected chi connectivity index (χ0v) is 11.0. The average molecular weight is 255 g/mol. The minimum absolute atomic E-state index is 0.319. The summed E-state index contributed by atoms with van der Waals surface area (Å²) in [5.41, 5.74) is 6.29. The molecule has 1 saturated carbocycles. The molecule has 1 aromatic heterocycles. The van der Waals surface area contributed by atoms with Crippen LogP contribution in [0, 0.1) is 11.8 Å². The number of hydrogen-bond donors (Lipinski definition) is 2. The molecule has 0 bridgehead atoms. The fraction of sp³-hybridized carbons (Fsp3) is 0.667. The molecule has 0 amide bonds. The van der Waals surface area contributed by atoms with Crippen molar-refractivity contribution in [2.24, 2.45) is 11.8 Å². The predicted molar refractivity (Wildman–Crippen MR) is 71.0 cm³/mol. The number of nitrogens with two attached hydrogens (primary N) is 1. The summed E-state index contributed by atoms with van der Waals surface area (Å²) < 4.78 is 0. The van der Waals surface area contributed by atoms with E-state index in [1.165, 1.54) is 12.7 Å². The van der Waals surface area contributed by atoms with E-state index in [0.29, 0.717) is 22.7 Å². The van der Waals surface area contributed by atoms with Gasteiger partial charge in [-0.1, -0.05) is 25.4 Å². The van der Waals surface area contributed by atoms with E-state index in [2.05, 4.69) is 29.1 Å². The van der Waals surface area contributed by atoms with E-state index in [9.17, 15) is 0 Å². The number of nitrogens with zero attached hydrogens (tertiary/aromatic N) is 2. The summed E-state index contributed by atoms with van der Waals surface area (Å²) in [5.74, 6) is 2.20. The molecule has 0 saturated heterocycles. The van der Waals surface area contributed by atoms with Crippen molar-refractivity contribution < 1.29 is 0 Å². The molecule has 3 atom stereocenters. The lowest BCUT2D eigenvalue weighted by Gasteiger charge is -2.32. The van der Waals surface area contributed by atoms with Crippen LogP contribution in [-0.4, -0.2) is 16.0 Å². The van der Waals surface area contributed by atoms with Crippen molar-refractivity contribution in [3.05, 3.63) is 11.5 Å². The second-order valence-electron chi connectivity index (χ2n) is 5.04. The van der Waals surface area contributed by atoms with Crippen molar-refractivity contribution in [3.63, 3.8) is 0 Å². The molecular weight excluding hydrogens is 236 g/mol. The van der Waals surface area contributed by atoms with E-state index in [4.69, 9.17) is 17.3 Å². The average Bonchev–Trinajstić information content (AvgIpc) is 2.30. The highest BCUT2D eigenvalue weighted by molar-refractivity contribution is 6.32. The van der Waals surface area contributed by atoms with Crippen LogP contribution in [0.4, 0.5) is 11.5 Å². The SMILES string of the molecule is CC1CCC(Nc2ncnc(Cl)c2N)CC1C. The van der Waals surface area contributed by atoms with Crippen LogP contribution in [0.3, 0.4) is 0 Å². The monoisotopic (exact) mass is 254 g/mol. The Bertz CT molecular complexity index is 396. The molecule has 1 heterocycles. The number of hydrogen-bond acceptors (Lipinski definition) is 4. The molecule has 0 aromatic carbocycles. The first-order valence-corrected chi connectivity index (χ1v) is 6.48. The van der Waals surface area contributed by atoms with Gasteiger partial charge in [-0.15, -0.1) is 0 Å². The lowest BCUT2D eigenvalue weighted by atomic mass is 9.79. The Morgan fingerprint density at radius 2 is 2.06 bits per heavy atom. The minimum atomic E-state index is 0.319. The Morgan fingerprint density at radius 1 is 1.29 bits per heavy atom. The number of anilines is 2. The molecule has 1 aliphatic rings. The first-order chi connectivity index (χ1) is 8.08. The molecule has 2 rings (SSSR count). The van der Waals surface area contributed by atoms with Crippen molar-refractivity contribution in [1.82, 2.24) is 9.97 Å². The zero-order chi connectivity index (χ0) is 12.4. The van der Waals surface area contributed by atoms with Crippen LogP contribution in [-0.2, 0) is 0 Å². The van der Waals surface area contributed by atoms with Gasteiger partial charge < -0.3 is 11.1 Å². The summed E-state index contributed by atoms with van der Waals surface area (Å²) in [7, 11) is 0. The Morgan fingerprint density at radius 3 is 2.76 bits per heavy atom. The smallest absolute Gasteiger partial charge is 0.157 e. The van der Waals surface area contributed by atoms with Crippen molar-refractivity contribution >= 4 is 23.1 Å². The van der Waals surface area contributed by atoms with Gasteiger partial charge in [0, 0.05) is 6.04 Å². The molecule has 17 heavy (non-hydrogen) atoms. The van der Waals surface area contributed by atoms with E-state index in [1.807, 2.05) is 0 Å². The lowest BCUT2D eigenvalue weighted by Crippen LogP contribution is -2.31. The highest BCUT2D eigenvalue weighted by Gasteiger charge is 2.25. The van der Waals surface area contributed by atoms with Gasteiger partial charge in [0.15, 0.2) is 11.0 Å². The number of rotatable bonds is 2. The molecule has 94 valence electrons. The van der Waals surface area contributed by atoms with Gasteiger partial charge in [0.1, 0.15) is 12.0 Å². The second kappa shape index (κ2) is 5.08.